The third kappa shape index (κ3) is 1.02. The van der Waals surface area contributed by atoms with Gasteiger partial charge in [0.25, 0.3) is 0 Å². The standard InChI is InChI=1S/C5H7NS/c1-4-3-5(2)7-6-4/h6H,1-2H3. The van der Waals surface area contributed by atoms with Crippen LogP contribution in [0.2, 0.25) is 0 Å². The van der Waals surface area contributed by atoms with Gasteiger partial charge in [0.15, 0.2) is 0 Å². The zero-order valence-electron chi connectivity index (χ0n) is 4.41. The monoisotopic (exact) mass is 113 g/mol. The first-order chi connectivity index (χ1) is 3.29. The molecule has 1 aliphatic rings. The molecule has 0 unspecified atom stereocenters. The predicted molar refractivity (Wildman–Crippen MR) is 32.6 cm³/mol. The molecular formula is C5H7NS. The molecule has 0 aliphatic carbocycles. The molecule has 1 heterocycles. The number of hydrogen-bond donors (Lipinski definition) is 1. The molecule has 1 nitrogen and oxygen atoms in total. The Hall–Kier alpha value is -0.330. The Kier molecular flexibility index (Phi) is 1.13. The highest BCUT2D eigenvalue weighted by Crippen LogP contribution is 2.16. The van der Waals surface area contributed by atoms with E-state index in [0.29, 0.717) is 0 Å². The maximum atomic E-state index is 3.10. The van der Waals surface area contributed by atoms with Crippen LogP contribution in [0.4, 0.5) is 0 Å². The van der Waals surface area contributed by atoms with Gasteiger partial charge < -0.3 is 4.72 Å². The Morgan fingerprint density at radius 2 is 2.29 bits per heavy atom. The summed E-state index contributed by atoms with van der Waals surface area (Å²) >= 11 is 1.62. The van der Waals surface area contributed by atoms with Gasteiger partial charge in [-0.15, -0.1) is 0 Å². The largest absolute Gasteiger partial charge is 0.322 e. The molecule has 1 aliphatic heterocycles. The highest BCUT2D eigenvalue weighted by Gasteiger charge is 1.96. The lowest BCUT2D eigenvalue weighted by Gasteiger charge is -1.89. The Morgan fingerprint density at radius 3 is 2.43 bits per heavy atom. The van der Waals surface area contributed by atoms with Crippen molar-refractivity contribution in [1.82, 2.24) is 4.72 Å². The summed E-state index contributed by atoms with van der Waals surface area (Å²) in [5.74, 6) is 0. The van der Waals surface area contributed by atoms with Crippen molar-refractivity contribution in [3.8, 4) is 0 Å². The van der Waals surface area contributed by atoms with Gasteiger partial charge >= 0.3 is 0 Å². The smallest absolute Gasteiger partial charge is 0.0617 e. The molecule has 1 rings (SSSR count). The average molecular weight is 113 g/mol. The molecule has 0 amide bonds. The number of rotatable bonds is 0. The van der Waals surface area contributed by atoms with E-state index >= 15 is 0 Å². The number of nitrogens with one attached hydrogen (secondary N) is 1. The van der Waals surface area contributed by atoms with Crippen molar-refractivity contribution in [2.24, 2.45) is 0 Å². The van der Waals surface area contributed by atoms with Gasteiger partial charge in [-0.1, -0.05) is 5.73 Å². The molecule has 0 bridgehead atoms. The van der Waals surface area contributed by atoms with Gasteiger partial charge in [0.2, 0.25) is 0 Å². The molecule has 0 fully saturated rings. The number of allylic oxidation sites excluding steroid dienone is 1. The first kappa shape index (κ1) is 4.82. The van der Waals surface area contributed by atoms with Crippen LogP contribution < -0.4 is 4.72 Å². The zero-order valence-corrected chi connectivity index (χ0v) is 5.22. The second kappa shape index (κ2) is 1.65. The van der Waals surface area contributed by atoms with Crippen LogP contribution in [0, 0.1) is 0 Å². The van der Waals surface area contributed by atoms with E-state index in [1.54, 1.807) is 11.9 Å². The van der Waals surface area contributed by atoms with Crippen molar-refractivity contribution in [3.05, 3.63) is 16.3 Å². The quantitative estimate of drug-likeness (QED) is 0.378. The van der Waals surface area contributed by atoms with Crippen LogP contribution in [0.15, 0.2) is 16.3 Å². The van der Waals surface area contributed by atoms with E-state index in [9.17, 15) is 0 Å². The molecule has 0 radical (unpaired) electrons. The van der Waals surface area contributed by atoms with E-state index in [1.165, 1.54) is 4.91 Å². The molecule has 38 valence electrons. The molecule has 0 aromatic carbocycles. The highest BCUT2D eigenvalue weighted by molar-refractivity contribution is 8.01. The fourth-order valence-electron chi connectivity index (χ4n) is 0.468. The fraction of sp³-hybridized carbons (Fsp3) is 0.400. The minimum Gasteiger partial charge on any atom is -0.322 e. The highest BCUT2D eigenvalue weighted by atomic mass is 32.2. The van der Waals surface area contributed by atoms with E-state index in [4.69, 9.17) is 0 Å². The molecule has 0 aromatic heterocycles. The summed E-state index contributed by atoms with van der Waals surface area (Å²) in [6.07, 6.45) is 0. The van der Waals surface area contributed by atoms with Crippen LogP contribution in [0.1, 0.15) is 13.8 Å². The summed E-state index contributed by atoms with van der Waals surface area (Å²) in [4.78, 5) is 1.22. The Labute approximate surface area is 47.6 Å². The van der Waals surface area contributed by atoms with Crippen LogP contribution in [0.5, 0.6) is 0 Å². The topological polar surface area (TPSA) is 12.0 Å². The van der Waals surface area contributed by atoms with E-state index in [2.05, 4.69) is 10.5 Å². The first-order valence-electron chi connectivity index (χ1n) is 2.16. The SMILES string of the molecule is CC1=C=C(C)SN1. The lowest BCUT2D eigenvalue weighted by Crippen LogP contribution is -1.90. The van der Waals surface area contributed by atoms with Crippen molar-refractivity contribution in [2.45, 2.75) is 13.8 Å². The van der Waals surface area contributed by atoms with E-state index in [-0.39, 0.29) is 0 Å². The van der Waals surface area contributed by atoms with Crippen molar-refractivity contribution < 1.29 is 0 Å². The van der Waals surface area contributed by atoms with Crippen LogP contribution in [-0.4, -0.2) is 0 Å². The Balaban J connectivity index is 2.81. The molecule has 0 spiro atoms. The van der Waals surface area contributed by atoms with Gasteiger partial charge in [0, 0.05) is 4.91 Å². The van der Waals surface area contributed by atoms with Gasteiger partial charge in [-0.25, -0.2) is 0 Å². The fourth-order valence-corrected chi connectivity index (χ4v) is 1.03. The van der Waals surface area contributed by atoms with Crippen LogP contribution in [0.3, 0.4) is 0 Å². The second-order valence-corrected chi connectivity index (χ2v) is 2.53. The molecule has 0 saturated heterocycles. The summed E-state index contributed by atoms with van der Waals surface area (Å²) in [7, 11) is 0. The predicted octanol–water partition coefficient (Wildman–Crippen LogP) is 1.64. The van der Waals surface area contributed by atoms with Gasteiger partial charge in [-0.2, -0.15) is 0 Å². The molecule has 0 atom stereocenters. The average Bonchev–Trinajstić information content (AvgIpc) is 1.87. The van der Waals surface area contributed by atoms with E-state index in [0.717, 1.165) is 5.70 Å². The van der Waals surface area contributed by atoms with Crippen molar-refractivity contribution in [1.29, 1.82) is 0 Å². The van der Waals surface area contributed by atoms with Crippen molar-refractivity contribution in [2.75, 3.05) is 0 Å². The maximum absolute atomic E-state index is 3.10. The third-order valence-corrected chi connectivity index (χ3v) is 1.54. The normalized spacial score (nSPS) is 18.0. The lowest BCUT2D eigenvalue weighted by atomic mass is 10.5. The summed E-state index contributed by atoms with van der Waals surface area (Å²) < 4.78 is 3.05. The third-order valence-electron chi connectivity index (χ3n) is 0.721. The van der Waals surface area contributed by atoms with Crippen molar-refractivity contribution in [3.63, 3.8) is 0 Å². The van der Waals surface area contributed by atoms with Crippen molar-refractivity contribution >= 4 is 11.9 Å². The van der Waals surface area contributed by atoms with Gasteiger partial charge in [0.05, 0.1) is 5.70 Å². The Bertz CT molecular complexity index is 128. The lowest BCUT2D eigenvalue weighted by molar-refractivity contribution is 1.23. The van der Waals surface area contributed by atoms with Crippen LogP contribution in [-0.2, 0) is 0 Å². The summed E-state index contributed by atoms with van der Waals surface area (Å²) in [5.41, 5.74) is 4.23. The zero-order chi connectivity index (χ0) is 5.28. The first-order valence-corrected chi connectivity index (χ1v) is 2.97. The van der Waals surface area contributed by atoms with Crippen LogP contribution in [0.25, 0.3) is 0 Å². The minimum absolute atomic E-state index is 1.13. The minimum atomic E-state index is 1.13. The molecule has 0 saturated carbocycles. The number of hydrogen-bond acceptors (Lipinski definition) is 2. The molecule has 1 N–H and O–H groups in total. The van der Waals surface area contributed by atoms with E-state index < -0.39 is 0 Å². The second-order valence-electron chi connectivity index (χ2n) is 1.51. The van der Waals surface area contributed by atoms with Gasteiger partial charge in [-0.3, -0.25) is 0 Å². The summed E-state index contributed by atoms with van der Waals surface area (Å²) in [5, 5.41) is 0. The van der Waals surface area contributed by atoms with Gasteiger partial charge in [-0.05, 0) is 25.8 Å². The maximum Gasteiger partial charge on any atom is 0.0617 e. The molecular weight excluding hydrogens is 106 g/mol. The summed E-state index contributed by atoms with van der Waals surface area (Å²) in [6.45, 7) is 4.04. The molecule has 7 heavy (non-hydrogen) atoms. The molecule has 2 heteroatoms. The summed E-state index contributed by atoms with van der Waals surface area (Å²) in [6, 6.07) is 0. The molecule has 0 aromatic rings. The van der Waals surface area contributed by atoms with Gasteiger partial charge in [0.1, 0.15) is 0 Å². The van der Waals surface area contributed by atoms with Crippen LogP contribution >= 0.6 is 11.9 Å². The van der Waals surface area contributed by atoms with E-state index in [1.807, 2.05) is 13.8 Å². The Morgan fingerprint density at radius 1 is 1.57 bits per heavy atom.